The first kappa shape index (κ1) is 26.9. The SMILES string of the molecule is O=C(Nc1ncc2c3ccc(N4CCN5CCC4CC5)cc3c(=O)n(C3CCC(O)CC3)c2n1)OCc1ccccc1. The van der Waals surface area contributed by atoms with E-state index in [9.17, 15) is 14.7 Å². The summed E-state index contributed by atoms with van der Waals surface area (Å²) in [5.74, 6) is 0.0795. The second-order valence-electron chi connectivity index (χ2n) is 11.8. The van der Waals surface area contributed by atoms with Crippen molar-refractivity contribution >= 4 is 39.5 Å². The third-order valence-electron chi connectivity index (χ3n) is 9.18. The number of piperidine rings is 1. The molecule has 10 nitrogen and oxygen atoms in total. The molecule has 0 atom stereocenters. The number of aliphatic hydroxyl groups excluding tert-OH is 1. The van der Waals surface area contributed by atoms with Crippen LogP contribution in [0.5, 0.6) is 0 Å². The molecule has 0 radical (unpaired) electrons. The van der Waals surface area contributed by atoms with Gasteiger partial charge in [0, 0.05) is 55.5 Å². The molecule has 3 aliphatic heterocycles. The minimum Gasteiger partial charge on any atom is -0.444 e. The van der Waals surface area contributed by atoms with Gasteiger partial charge >= 0.3 is 6.09 Å². The fourth-order valence-electron chi connectivity index (χ4n) is 6.89. The van der Waals surface area contributed by atoms with Crippen molar-refractivity contribution in [3.63, 3.8) is 0 Å². The average molecular weight is 569 g/mol. The van der Waals surface area contributed by atoms with Crippen molar-refractivity contribution in [2.45, 2.75) is 63.3 Å². The summed E-state index contributed by atoms with van der Waals surface area (Å²) in [4.78, 5) is 41.0. The molecule has 1 aliphatic carbocycles. The molecule has 1 amide bonds. The number of hydrogen-bond acceptors (Lipinski definition) is 8. The highest BCUT2D eigenvalue weighted by molar-refractivity contribution is 6.05. The van der Waals surface area contributed by atoms with E-state index in [1.54, 1.807) is 10.8 Å². The van der Waals surface area contributed by atoms with Crippen LogP contribution < -0.4 is 15.8 Å². The third-order valence-corrected chi connectivity index (χ3v) is 9.18. The van der Waals surface area contributed by atoms with E-state index in [2.05, 4.69) is 26.2 Å². The van der Waals surface area contributed by atoms with Gasteiger partial charge in [-0.1, -0.05) is 36.4 Å². The highest BCUT2D eigenvalue weighted by atomic mass is 16.5. The summed E-state index contributed by atoms with van der Waals surface area (Å²) in [6.07, 6.45) is 5.57. The topological polar surface area (TPSA) is 113 Å². The summed E-state index contributed by atoms with van der Waals surface area (Å²) in [7, 11) is 0. The zero-order valence-corrected chi connectivity index (χ0v) is 23.6. The Hall–Kier alpha value is -4.02. The Morgan fingerprint density at radius 1 is 0.905 bits per heavy atom. The van der Waals surface area contributed by atoms with Crippen molar-refractivity contribution in [2.75, 3.05) is 36.4 Å². The molecular formula is C32H36N6O4. The number of nitrogens with one attached hydrogen (secondary N) is 1. The number of aromatic nitrogens is 3. The van der Waals surface area contributed by atoms with Crippen LogP contribution in [0.1, 0.15) is 50.1 Å². The molecule has 3 saturated heterocycles. The first-order chi connectivity index (χ1) is 20.5. The van der Waals surface area contributed by atoms with E-state index in [0.717, 1.165) is 61.0 Å². The van der Waals surface area contributed by atoms with Crippen molar-refractivity contribution in [3.8, 4) is 0 Å². The molecule has 5 heterocycles. The van der Waals surface area contributed by atoms with Gasteiger partial charge in [-0.15, -0.1) is 0 Å². The predicted molar refractivity (Wildman–Crippen MR) is 162 cm³/mol. The quantitative estimate of drug-likeness (QED) is 0.340. The lowest BCUT2D eigenvalue weighted by Gasteiger charge is -2.33. The number of anilines is 2. The maximum Gasteiger partial charge on any atom is 0.414 e. The molecule has 2 aromatic carbocycles. The molecule has 8 rings (SSSR count). The third kappa shape index (κ3) is 5.20. The Morgan fingerprint density at radius 2 is 1.69 bits per heavy atom. The minimum atomic E-state index is -0.666. The second kappa shape index (κ2) is 11.3. The van der Waals surface area contributed by atoms with Gasteiger partial charge in [-0.05, 0) is 61.6 Å². The molecule has 2 aromatic heterocycles. The van der Waals surface area contributed by atoms with Crippen molar-refractivity contribution < 1.29 is 14.6 Å². The van der Waals surface area contributed by atoms with Gasteiger partial charge in [-0.2, -0.15) is 4.98 Å². The smallest absolute Gasteiger partial charge is 0.414 e. The first-order valence-corrected chi connectivity index (χ1v) is 15.0. The van der Waals surface area contributed by atoms with Gasteiger partial charge in [-0.3, -0.25) is 14.7 Å². The molecule has 42 heavy (non-hydrogen) atoms. The number of hydrogen-bond donors (Lipinski definition) is 2. The van der Waals surface area contributed by atoms with Crippen LogP contribution in [0.3, 0.4) is 0 Å². The zero-order chi connectivity index (χ0) is 28.6. The van der Waals surface area contributed by atoms with Crippen LogP contribution in [0.4, 0.5) is 16.4 Å². The van der Waals surface area contributed by atoms with Gasteiger partial charge in [0.25, 0.3) is 5.56 Å². The molecule has 4 aliphatic rings. The molecule has 1 saturated carbocycles. The van der Waals surface area contributed by atoms with Crippen molar-refractivity contribution in [1.82, 2.24) is 19.4 Å². The molecule has 0 spiro atoms. The van der Waals surface area contributed by atoms with Crippen LogP contribution in [-0.4, -0.2) is 69.0 Å². The van der Waals surface area contributed by atoms with Gasteiger partial charge < -0.3 is 19.6 Å². The number of rotatable bonds is 5. The van der Waals surface area contributed by atoms with E-state index in [1.165, 1.54) is 0 Å². The van der Waals surface area contributed by atoms with Gasteiger partial charge in [0.2, 0.25) is 5.95 Å². The monoisotopic (exact) mass is 568 g/mol. The molecule has 2 N–H and O–H groups in total. The summed E-state index contributed by atoms with van der Waals surface area (Å²) in [5.41, 5.74) is 2.34. The molecule has 10 heteroatoms. The van der Waals surface area contributed by atoms with Crippen molar-refractivity contribution in [3.05, 3.63) is 70.6 Å². The molecule has 2 bridgehead atoms. The Balaban J connectivity index is 1.26. The largest absolute Gasteiger partial charge is 0.444 e. The molecular weight excluding hydrogens is 532 g/mol. The van der Waals surface area contributed by atoms with E-state index >= 15 is 0 Å². The fourth-order valence-corrected chi connectivity index (χ4v) is 6.89. The van der Waals surface area contributed by atoms with E-state index in [0.29, 0.717) is 42.8 Å². The van der Waals surface area contributed by atoms with Crippen molar-refractivity contribution in [1.29, 1.82) is 0 Å². The highest BCUT2D eigenvalue weighted by Crippen LogP contribution is 2.34. The molecule has 0 unspecified atom stereocenters. The van der Waals surface area contributed by atoms with Gasteiger partial charge in [0.15, 0.2) is 0 Å². The van der Waals surface area contributed by atoms with E-state index in [1.807, 2.05) is 42.5 Å². The summed E-state index contributed by atoms with van der Waals surface area (Å²) < 4.78 is 7.14. The number of pyridine rings is 1. The fraction of sp³-hybridized carbons (Fsp3) is 0.438. The lowest BCUT2D eigenvalue weighted by Crippen LogP contribution is -2.38. The summed E-state index contributed by atoms with van der Waals surface area (Å²) in [6.45, 7) is 4.38. The van der Waals surface area contributed by atoms with Crippen LogP contribution in [-0.2, 0) is 11.3 Å². The minimum absolute atomic E-state index is 0.0795. The highest BCUT2D eigenvalue weighted by Gasteiger charge is 2.30. The molecule has 4 aromatic rings. The summed E-state index contributed by atoms with van der Waals surface area (Å²) >= 11 is 0. The number of nitrogens with zero attached hydrogens (tertiary/aromatic N) is 5. The number of fused-ring (bicyclic) bond motifs is 7. The summed E-state index contributed by atoms with van der Waals surface area (Å²) in [5, 5.41) is 15.0. The first-order valence-electron chi connectivity index (χ1n) is 15.0. The molecule has 218 valence electrons. The standard InChI is InChI=1S/C32H36N6O4/c39-25-9-6-23(7-10-25)38-29-28(19-33-31(34-29)35-32(41)42-20-21-4-2-1-3-5-21)26-11-8-24(18-27(26)30(38)40)37-17-16-36-14-12-22(37)13-15-36/h1-5,8,11,18-19,22-23,25,39H,6-7,9-10,12-17,20H2,(H,33,34,35,41). The predicted octanol–water partition coefficient (Wildman–Crippen LogP) is 4.45. The van der Waals surface area contributed by atoms with Crippen LogP contribution in [0.2, 0.25) is 0 Å². The average Bonchev–Trinajstić information content (AvgIpc) is 3.35. The number of benzene rings is 2. The van der Waals surface area contributed by atoms with E-state index in [-0.39, 0.29) is 30.3 Å². The maximum atomic E-state index is 14.3. The lowest BCUT2D eigenvalue weighted by atomic mass is 9.92. The zero-order valence-electron chi connectivity index (χ0n) is 23.6. The van der Waals surface area contributed by atoms with Crippen LogP contribution in [0.15, 0.2) is 59.5 Å². The number of carbonyl (C=O) groups excluding carboxylic acids is 1. The van der Waals surface area contributed by atoms with E-state index < -0.39 is 6.09 Å². The van der Waals surface area contributed by atoms with Crippen LogP contribution >= 0.6 is 0 Å². The Morgan fingerprint density at radius 3 is 2.48 bits per heavy atom. The van der Waals surface area contributed by atoms with Crippen LogP contribution in [0, 0.1) is 0 Å². The second-order valence-corrected chi connectivity index (χ2v) is 11.8. The number of aliphatic hydroxyl groups is 1. The van der Waals surface area contributed by atoms with Crippen molar-refractivity contribution in [2.24, 2.45) is 0 Å². The maximum absolute atomic E-state index is 14.3. The van der Waals surface area contributed by atoms with Crippen LogP contribution in [0.25, 0.3) is 21.8 Å². The normalized spacial score (nSPS) is 24.1. The molecule has 4 fully saturated rings. The Kier molecular flexibility index (Phi) is 7.25. The number of carbonyl (C=O) groups is 1. The number of ether oxygens (including phenoxy) is 1. The summed E-state index contributed by atoms with van der Waals surface area (Å²) in [6, 6.07) is 16.0. The number of amides is 1. The van der Waals surface area contributed by atoms with Gasteiger partial charge in [-0.25, -0.2) is 9.78 Å². The van der Waals surface area contributed by atoms with E-state index in [4.69, 9.17) is 9.72 Å². The van der Waals surface area contributed by atoms with Gasteiger partial charge in [0.05, 0.1) is 11.5 Å². The Bertz CT molecular complexity index is 1660. The Labute approximate surface area is 243 Å². The lowest BCUT2D eigenvalue weighted by molar-refractivity contribution is 0.111. The van der Waals surface area contributed by atoms with Gasteiger partial charge in [0.1, 0.15) is 12.3 Å².